The highest BCUT2D eigenvalue weighted by molar-refractivity contribution is 5.64. The van der Waals surface area contributed by atoms with E-state index in [4.69, 9.17) is 4.74 Å². The zero-order valence-corrected chi connectivity index (χ0v) is 9.62. The fourth-order valence-corrected chi connectivity index (χ4v) is 1.53. The Morgan fingerprint density at radius 3 is 2.67 bits per heavy atom. The van der Waals surface area contributed by atoms with Crippen molar-refractivity contribution in [2.45, 2.75) is 33.1 Å². The number of ether oxygens (including phenoxy) is 1. The van der Waals surface area contributed by atoms with Crippen LogP contribution in [0.3, 0.4) is 0 Å². The molecular weight excluding hydrogens is 188 g/mol. The van der Waals surface area contributed by atoms with Crippen molar-refractivity contribution >= 4 is 6.29 Å². The standard InChI is InChI=1S/C13H18O2/c1-4-11-6-7-13(15-5-2)12(8-11)10(3)9-14/h6-10H,4-5H2,1-3H3. The zero-order chi connectivity index (χ0) is 11.3. The zero-order valence-electron chi connectivity index (χ0n) is 9.62. The van der Waals surface area contributed by atoms with Crippen molar-refractivity contribution in [3.63, 3.8) is 0 Å². The minimum absolute atomic E-state index is 0.0990. The molecule has 0 aliphatic heterocycles. The Kier molecular flexibility index (Phi) is 4.35. The predicted molar refractivity (Wildman–Crippen MR) is 61.5 cm³/mol. The van der Waals surface area contributed by atoms with E-state index in [1.54, 1.807) is 0 Å². The number of carbonyl (C=O) groups is 1. The highest BCUT2D eigenvalue weighted by Crippen LogP contribution is 2.27. The van der Waals surface area contributed by atoms with Gasteiger partial charge < -0.3 is 9.53 Å². The second kappa shape index (κ2) is 5.54. The van der Waals surface area contributed by atoms with E-state index < -0.39 is 0 Å². The molecule has 0 radical (unpaired) electrons. The maximum atomic E-state index is 10.8. The maximum Gasteiger partial charge on any atom is 0.127 e. The first-order chi connectivity index (χ1) is 7.22. The van der Waals surface area contributed by atoms with Gasteiger partial charge in [0.1, 0.15) is 12.0 Å². The molecule has 1 rings (SSSR count). The minimum Gasteiger partial charge on any atom is -0.494 e. The highest BCUT2D eigenvalue weighted by atomic mass is 16.5. The number of benzene rings is 1. The molecule has 1 unspecified atom stereocenters. The first-order valence-electron chi connectivity index (χ1n) is 5.43. The lowest BCUT2D eigenvalue weighted by Crippen LogP contribution is -2.02. The fraction of sp³-hybridized carbons (Fsp3) is 0.462. The molecule has 0 spiro atoms. The third kappa shape index (κ3) is 2.82. The van der Waals surface area contributed by atoms with Gasteiger partial charge in [0, 0.05) is 11.5 Å². The fourth-order valence-electron chi connectivity index (χ4n) is 1.53. The topological polar surface area (TPSA) is 26.3 Å². The molecule has 0 saturated heterocycles. The van der Waals surface area contributed by atoms with Gasteiger partial charge in [-0.25, -0.2) is 0 Å². The van der Waals surface area contributed by atoms with Crippen LogP contribution in [-0.4, -0.2) is 12.9 Å². The molecule has 15 heavy (non-hydrogen) atoms. The average Bonchev–Trinajstić information content (AvgIpc) is 2.29. The summed E-state index contributed by atoms with van der Waals surface area (Å²) in [4.78, 5) is 10.8. The van der Waals surface area contributed by atoms with Crippen molar-refractivity contribution in [1.29, 1.82) is 0 Å². The summed E-state index contributed by atoms with van der Waals surface area (Å²) >= 11 is 0. The second-order valence-electron chi connectivity index (χ2n) is 3.58. The van der Waals surface area contributed by atoms with E-state index in [-0.39, 0.29) is 5.92 Å². The van der Waals surface area contributed by atoms with Gasteiger partial charge in [-0.2, -0.15) is 0 Å². The summed E-state index contributed by atoms with van der Waals surface area (Å²) in [5, 5.41) is 0. The average molecular weight is 206 g/mol. The van der Waals surface area contributed by atoms with Gasteiger partial charge >= 0.3 is 0 Å². The smallest absolute Gasteiger partial charge is 0.127 e. The van der Waals surface area contributed by atoms with Crippen LogP contribution in [0, 0.1) is 0 Å². The molecule has 0 saturated carbocycles. The molecule has 0 aliphatic carbocycles. The Morgan fingerprint density at radius 2 is 2.13 bits per heavy atom. The molecule has 2 nitrogen and oxygen atoms in total. The lowest BCUT2D eigenvalue weighted by molar-refractivity contribution is -0.108. The number of aryl methyl sites for hydroxylation is 1. The van der Waals surface area contributed by atoms with Gasteiger partial charge in [0.15, 0.2) is 0 Å². The maximum absolute atomic E-state index is 10.8. The van der Waals surface area contributed by atoms with Crippen LogP contribution in [0.2, 0.25) is 0 Å². The van der Waals surface area contributed by atoms with E-state index in [1.165, 1.54) is 5.56 Å². The second-order valence-corrected chi connectivity index (χ2v) is 3.58. The predicted octanol–water partition coefficient (Wildman–Crippen LogP) is 2.95. The summed E-state index contributed by atoms with van der Waals surface area (Å²) in [6, 6.07) is 6.06. The Labute approximate surface area is 91.3 Å². The number of hydrogen-bond acceptors (Lipinski definition) is 2. The van der Waals surface area contributed by atoms with Crippen LogP contribution in [0.25, 0.3) is 0 Å². The largest absolute Gasteiger partial charge is 0.494 e. The summed E-state index contributed by atoms with van der Waals surface area (Å²) < 4.78 is 5.50. The lowest BCUT2D eigenvalue weighted by atomic mass is 9.98. The van der Waals surface area contributed by atoms with E-state index in [1.807, 2.05) is 26.0 Å². The van der Waals surface area contributed by atoms with Crippen LogP contribution in [0.5, 0.6) is 5.75 Å². The first-order valence-corrected chi connectivity index (χ1v) is 5.43. The molecule has 2 heteroatoms. The monoisotopic (exact) mass is 206 g/mol. The van der Waals surface area contributed by atoms with Crippen LogP contribution >= 0.6 is 0 Å². The molecule has 0 bridgehead atoms. The van der Waals surface area contributed by atoms with Gasteiger partial charge in [-0.15, -0.1) is 0 Å². The summed E-state index contributed by atoms with van der Waals surface area (Å²) in [5.74, 6) is 0.729. The molecule has 0 aromatic heterocycles. The van der Waals surface area contributed by atoms with Gasteiger partial charge in [-0.3, -0.25) is 0 Å². The highest BCUT2D eigenvalue weighted by Gasteiger charge is 2.11. The van der Waals surface area contributed by atoms with E-state index in [2.05, 4.69) is 13.0 Å². The Balaban J connectivity index is 3.09. The number of hydrogen-bond donors (Lipinski definition) is 0. The van der Waals surface area contributed by atoms with Gasteiger partial charge in [0.05, 0.1) is 6.61 Å². The molecule has 0 amide bonds. The Hall–Kier alpha value is -1.31. The van der Waals surface area contributed by atoms with Crippen molar-refractivity contribution in [3.05, 3.63) is 29.3 Å². The van der Waals surface area contributed by atoms with Crippen molar-refractivity contribution in [2.24, 2.45) is 0 Å². The van der Waals surface area contributed by atoms with E-state index in [0.717, 1.165) is 24.0 Å². The minimum atomic E-state index is -0.0990. The van der Waals surface area contributed by atoms with Crippen LogP contribution in [0.1, 0.15) is 37.8 Å². The van der Waals surface area contributed by atoms with Gasteiger partial charge in [-0.1, -0.05) is 26.0 Å². The summed E-state index contributed by atoms with van der Waals surface area (Å²) in [7, 11) is 0. The van der Waals surface area contributed by atoms with E-state index >= 15 is 0 Å². The molecule has 1 atom stereocenters. The Morgan fingerprint density at radius 1 is 1.40 bits per heavy atom. The van der Waals surface area contributed by atoms with E-state index in [0.29, 0.717) is 6.61 Å². The summed E-state index contributed by atoms with van der Waals surface area (Å²) in [6.45, 7) is 6.57. The van der Waals surface area contributed by atoms with Crippen molar-refractivity contribution in [2.75, 3.05) is 6.61 Å². The van der Waals surface area contributed by atoms with Crippen LogP contribution < -0.4 is 4.74 Å². The van der Waals surface area contributed by atoms with Gasteiger partial charge in [0.2, 0.25) is 0 Å². The van der Waals surface area contributed by atoms with Gasteiger partial charge in [-0.05, 0) is 25.0 Å². The number of aldehydes is 1. The summed E-state index contributed by atoms with van der Waals surface area (Å²) in [5.41, 5.74) is 2.23. The van der Waals surface area contributed by atoms with Gasteiger partial charge in [0.25, 0.3) is 0 Å². The molecule has 1 aromatic rings. The third-order valence-electron chi connectivity index (χ3n) is 2.48. The molecule has 0 aliphatic rings. The molecule has 0 heterocycles. The van der Waals surface area contributed by atoms with Crippen molar-refractivity contribution in [1.82, 2.24) is 0 Å². The number of carbonyl (C=O) groups excluding carboxylic acids is 1. The third-order valence-corrected chi connectivity index (χ3v) is 2.48. The van der Waals surface area contributed by atoms with Crippen LogP contribution in [-0.2, 0) is 11.2 Å². The molecule has 1 aromatic carbocycles. The first kappa shape index (κ1) is 11.8. The van der Waals surface area contributed by atoms with Crippen LogP contribution in [0.4, 0.5) is 0 Å². The van der Waals surface area contributed by atoms with E-state index in [9.17, 15) is 4.79 Å². The lowest BCUT2D eigenvalue weighted by Gasteiger charge is -2.13. The normalized spacial score (nSPS) is 12.2. The SMILES string of the molecule is CCOc1ccc(CC)cc1C(C)C=O. The molecule has 0 N–H and O–H groups in total. The van der Waals surface area contributed by atoms with Crippen molar-refractivity contribution < 1.29 is 9.53 Å². The quantitative estimate of drug-likeness (QED) is 0.692. The molecule has 0 fully saturated rings. The summed E-state index contributed by atoms with van der Waals surface area (Å²) in [6.07, 6.45) is 1.93. The molecule has 82 valence electrons. The van der Waals surface area contributed by atoms with Crippen molar-refractivity contribution in [3.8, 4) is 5.75 Å². The Bertz CT molecular complexity index is 331. The number of rotatable bonds is 5. The molecular formula is C13H18O2. The van der Waals surface area contributed by atoms with Crippen LogP contribution in [0.15, 0.2) is 18.2 Å².